The highest BCUT2D eigenvalue weighted by Crippen LogP contribution is 2.25. The average molecular weight is 1760 g/mol. The Morgan fingerprint density at radius 1 is 0.437 bits per heavy atom. The molecule has 15 atom stereocenters. The monoisotopic (exact) mass is 1760 g/mol. The van der Waals surface area contributed by atoms with Crippen molar-refractivity contribution >= 4 is 122 Å². The van der Waals surface area contributed by atoms with E-state index in [0.717, 1.165) is 4.90 Å². The molecule has 2 aromatic heterocycles. The molecule has 0 saturated carbocycles. The predicted molar refractivity (Wildman–Crippen MR) is 460 cm³/mol. The second kappa shape index (κ2) is 49.2. The number of aromatic nitrogens is 2. The zero-order valence-electron chi connectivity index (χ0n) is 72.6. The Kier molecular flexibility index (Phi) is 39.9. The number of hydrogen-bond donors (Lipinski definition) is 22. The molecule has 0 aliphatic carbocycles. The number of H-pyrrole nitrogens is 2. The van der Waals surface area contributed by atoms with Crippen LogP contribution in [0.2, 0.25) is 0 Å². The van der Waals surface area contributed by atoms with Crippen LogP contribution in [-0.2, 0) is 101 Å². The van der Waals surface area contributed by atoms with E-state index >= 15 is 0 Å². The smallest absolute Gasteiger partial charge is 0.326 e. The number of likely N-dealkylation sites (tertiary alicyclic amines) is 1. The number of hydrogen-bond acceptors (Lipinski definition) is 21. The van der Waals surface area contributed by atoms with E-state index in [4.69, 9.17) is 17.2 Å². The number of aliphatic hydroxyl groups is 1. The summed E-state index contributed by atoms with van der Waals surface area (Å²) >= 11 is 0. The topological polar surface area (TPSA) is 649 Å². The first kappa shape index (κ1) is 102. The van der Waals surface area contributed by atoms with Gasteiger partial charge in [-0.3, -0.25) is 76.7 Å². The maximum atomic E-state index is 15.0. The second-order valence-electron chi connectivity index (χ2n) is 33.7. The van der Waals surface area contributed by atoms with Crippen LogP contribution >= 0.6 is 0 Å². The fourth-order valence-electron chi connectivity index (χ4n) is 14.6. The predicted octanol–water partition coefficient (Wildman–Crippen LogP) is -0.468. The van der Waals surface area contributed by atoms with Gasteiger partial charge in [-0.2, -0.15) is 0 Å². The summed E-state index contributed by atoms with van der Waals surface area (Å²) in [5.41, 5.74) is 19.8. The number of phenolic OH excluding ortho intramolecular Hbond substituents is 1. The lowest BCUT2D eigenvalue weighted by atomic mass is 9.98. The fourth-order valence-corrected chi connectivity index (χ4v) is 14.6. The number of fused-ring (bicyclic) bond motifs is 2. The molecule has 5 aromatic rings. The van der Waals surface area contributed by atoms with E-state index in [1.165, 1.54) is 38.1 Å². The molecule has 1 fully saturated rings. The first-order chi connectivity index (χ1) is 59.4. The van der Waals surface area contributed by atoms with Gasteiger partial charge in [0.2, 0.25) is 82.7 Å². The third kappa shape index (κ3) is 32.2. The molecule has 25 N–H and O–H groups in total. The summed E-state index contributed by atoms with van der Waals surface area (Å²) < 4.78 is 0. The average Bonchev–Trinajstić information content (AvgIpc) is 1.80. The minimum absolute atomic E-state index is 0.00387. The van der Waals surface area contributed by atoms with Crippen LogP contribution in [0.1, 0.15) is 169 Å². The molecule has 14 amide bonds. The van der Waals surface area contributed by atoms with Gasteiger partial charge in [-0.25, -0.2) is 4.79 Å². The van der Waals surface area contributed by atoms with Gasteiger partial charge in [0.05, 0.1) is 25.0 Å². The van der Waals surface area contributed by atoms with Gasteiger partial charge in [0.15, 0.2) is 0 Å². The molecule has 690 valence electrons. The lowest BCUT2D eigenvalue weighted by Crippen LogP contribution is -2.62. The molecule has 1 aliphatic heterocycles. The van der Waals surface area contributed by atoms with Crippen LogP contribution in [0, 0.1) is 23.7 Å². The number of amides is 14. The van der Waals surface area contributed by atoms with Crippen LogP contribution in [0.25, 0.3) is 21.8 Å². The van der Waals surface area contributed by atoms with Gasteiger partial charge in [-0.1, -0.05) is 104 Å². The molecule has 0 bridgehead atoms. The molecule has 0 unspecified atom stereocenters. The Labute approximate surface area is 729 Å². The number of benzene rings is 3. The number of primary amides is 1. The standard InChI is InChI=1S/C86H124N18O22/c1-43(2)32-59(75(114)93-58(86(125)126)28-29-70(108)109)96-76(115)61(34-45(5)6)97-79(118)64(37-50-41-90-55-20-13-11-18-53(50)55)99-77(116)60(33-44(3)4)95-74(113)57(22-15-16-30-87)92-84(123)72(48(10)105)103-82(121)62(35-46(7)8)101-83(122)68-23-17-31-104(68)85(124)67(40-71(110)111)102-78(117)63(36-49-24-26-52(106)27-25-49)98-80(119)65(38-51-42-91-56-21-14-12-19-54(51)56)100-81(120)66(39-69(89)107)94-73(112)47(9)88/h11-14,18-21,24-27,41-48,57-68,72,90-91,105-106H,15-17,22-23,28-40,87-88H2,1-10H3,(H2,89,107)(H,92,123)(H,93,114)(H,94,112)(H,95,113)(H,96,115)(H,97,118)(H,98,119)(H,99,116)(H,100,120)(H,101,122)(H,102,117)(H,103,121)(H,108,109)(H,110,111)(H,125,126)/t47-,48+,57-,58-,59-,60-,61-,62-,63-,64-,65-,66-,67-,68-,72-/m0/s1. The summed E-state index contributed by atoms with van der Waals surface area (Å²) in [7, 11) is 0. The molecule has 1 saturated heterocycles. The van der Waals surface area contributed by atoms with Crippen LogP contribution in [0.3, 0.4) is 0 Å². The van der Waals surface area contributed by atoms with Gasteiger partial charge in [0.25, 0.3) is 0 Å². The number of phenols is 1. The Balaban J connectivity index is 1.22. The van der Waals surface area contributed by atoms with Crippen molar-refractivity contribution in [1.29, 1.82) is 0 Å². The van der Waals surface area contributed by atoms with Crippen molar-refractivity contribution in [2.24, 2.45) is 40.9 Å². The SMILES string of the molecule is CC(C)C[C@H](NC(=O)[C@H](CC(C)C)NC(=O)[C@H](Cc1c[nH]c2ccccc12)NC(=O)[C@H](CC(C)C)NC(=O)[C@H](CCCCN)NC(=O)[C@@H](NC(=O)[C@H](CC(C)C)NC(=O)[C@@H]1CCCN1C(=O)[C@H](CC(=O)O)NC(=O)[C@H](Cc1ccc(O)cc1)NC(=O)[C@H](Cc1c[nH]c2ccccc12)NC(=O)[C@H](CC(N)=O)NC(=O)[C@H](C)N)[C@@H](C)O)C(=O)N[C@@H](CCC(=O)O)C(=O)O. The van der Waals surface area contributed by atoms with Crippen molar-refractivity contribution in [3.63, 3.8) is 0 Å². The van der Waals surface area contributed by atoms with Crippen molar-refractivity contribution in [3.8, 4) is 5.75 Å². The molecule has 6 rings (SSSR count). The Hall–Kier alpha value is -12.6. The van der Waals surface area contributed by atoms with E-state index in [1.807, 2.05) is 0 Å². The number of rotatable bonds is 52. The Morgan fingerprint density at radius 2 is 0.833 bits per heavy atom. The first-order valence-corrected chi connectivity index (χ1v) is 42.3. The van der Waals surface area contributed by atoms with E-state index in [2.05, 4.69) is 73.8 Å². The number of para-hydroxylation sites is 2. The highest BCUT2D eigenvalue weighted by molar-refractivity contribution is 6.02. The summed E-state index contributed by atoms with van der Waals surface area (Å²) in [4.78, 5) is 244. The van der Waals surface area contributed by atoms with E-state index in [-0.39, 0.29) is 107 Å². The van der Waals surface area contributed by atoms with Crippen LogP contribution in [-0.4, -0.2) is 245 Å². The van der Waals surface area contributed by atoms with Crippen molar-refractivity contribution in [2.75, 3.05) is 13.1 Å². The summed E-state index contributed by atoms with van der Waals surface area (Å²) in [5, 5.41) is 83.2. The minimum atomic E-state index is -1.96. The van der Waals surface area contributed by atoms with Crippen molar-refractivity contribution in [3.05, 3.63) is 102 Å². The third-order valence-electron chi connectivity index (χ3n) is 21.0. The van der Waals surface area contributed by atoms with E-state index in [9.17, 15) is 107 Å². The lowest BCUT2D eigenvalue weighted by Gasteiger charge is -2.31. The molecular formula is C86H124N18O22. The van der Waals surface area contributed by atoms with Gasteiger partial charge in [0, 0.05) is 66.4 Å². The quantitative estimate of drug-likeness (QED) is 0.0219. The number of nitrogens with zero attached hydrogens (tertiary/aromatic N) is 1. The number of unbranched alkanes of at least 4 members (excludes halogenated alkanes) is 1. The number of aromatic amines is 2. The number of aliphatic carboxylic acids is 3. The highest BCUT2D eigenvalue weighted by Gasteiger charge is 2.43. The second-order valence-corrected chi connectivity index (χ2v) is 33.7. The van der Waals surface area contributed by atoms with Gasteiger partial charge < -0.3 is 121 Å². The van der Waals surface area contributed by atoms with Crippen molar-refractivity contribution < 1.29 is 107 Å². The number of carbonyl (C=O) groups excluding carboxylic acids is 14. The number of aliphatic hydroxyl groups excluding tert-OH is 1. The number of carboxylic acid groups (broad SMARTS) is 3. The highest BCUT2D eigenvalue weighted by atomic mass is 16.4. The molecule has 3 heterocycles. The maximum absolute atomic E-state index is 15.0. The first-order valence-electron chi connectivity index (χ1n) is 42.3. The normalized spacial score (nSPS) is 16.0. The molecule has 3 aromatic carbocycles. The molecule has 0 spiro atoms. The zero-order valence-corrected chi connectivity index (χ0v) is 72.6. The van der Waals surface area contributed by atoms with Gasteiger partial charge >= 0.3 is 17.9 Å². The Bertz CT molecular complexity index is 4640. The molecule has 1 aliphatic rings. The largest absolute Gasteiger partial charge is 0.508 e. The fraction of sp³-hybridized carbons (Fsp3) is 0.547. The summed E-state index contributed by atoms with van der Waals surface area (Å²) in [6, 6.07) is -2.22. The zero-order chi connectivity index (χ0) is 93.5. The number of aromatic hydroxyl groups is 1. The van der Waals surface area contributed by atoms with Crippen LogP contribution in [0.15, 0.2) is 85.2 Å². The minimum Gasteiger partial charge on any atom is -0.508 e. The van der Waals surface area contributed by atoms with Gasteiger partial charge in [-0.05, 0) is 149 Å². The van der Waals surface area contributed by atoms with Crippen LogP contribution in [0.4, 0.5) is 0 Å². The van der Waals surface area contributed by atoms with E-state index in [1.54, 1.807) is 116 Å². The summed E-state index contributed by atoms with van der Waals surface area (Å²) in [6.07, 6.45) is -1.91. The van der Waals surface area contributed by atoms with Crippen molar-refractivity contribution in [2.45, 2.75) is 263 Å². The molecule has 0 radical (unpaired) electrons. The number of carboxylic acids is 3. The molecule has 40 nitrogen and oxygen atoms in total. The number of nitrogens with two attached hydrogens (primary N) is 3. The van der Waals surface area contributed by atoms with Gasteiger partial charge in [-0.15, -0.1) is 0 Å². The van der Waals surface area contributed by atoms with E-state index in [0.29, 0.717) is 44.9 Å². The maximum Gasteiger partial charge on any atom is 0.326 e. The van der Waals surface area contributed by atoms with Crippen LogP contribution in [0.5, 0.6) is 5.75 Å². The molecule has 40 heteroatoms. The third-order valence-corrected chi connectivity index (χ3v) is 21.0. The lowest BCUT2D eigenvalue weighted by molar-refractivity contribution is -0.146. The van der Waals surface area contributed by atoms with Crippen LogP contribution < -0.4 is 81.0 Å². The Morgan fingerprint density at radius 3 is 1.26 bits per heavy atom. The molecular weight excluding hydrogens is 1640 g/mol. The number of nitrogens with one attached hydrogen (secondary N) is 14. The molecule has 126 heavy (non-hydrogen) atoms. The van der Waals surface area contributed by atoms with Crippen molar-refractivity contribution in [1.82, 2.24) is 78.7 Å². The van der Waals surface area contributed by atoms with Gasteiger partial charge in [0.1, 0.15) is 84.3 Å². The van der Waals surface area contributed by atoms with E-state index < -0.39 is 223 Å². The summed E-state index contributed by atoms with van der Waals surface area (Å²) in [6.45, 7) is 16.4. The number of carbonyl (C=O) groups is 17. The summed E-state index contributed by atoms with van der Waals surface area (Å²) in [5.74, 6) is -19.5.